The van der Waals surface area contributed by atoms with E-state index in [0.717, 1.165) is 12.3 Å². The van der Waals surface area contributed by atoms with Crippen molar-refractivity contribution in [2.24, 2.45) is 0 Å². The van der Waals surface area contributed by atoms with Gasteiger partial charge in [0.15, 0.2) is 0 Å². The smallest absolute Gasteiger partial charge is 0.0243 e. The van der Waals surface area contributed by atoms with E-state index in [1.807, 2.05) is 11.8 Å². The van der Waals surface area contributed by atoms with Crippen molar-refractivity contribution in [3.8, 4) is 0 Å². The number of hydrogen-bond acceptors (Lipinski definition) is 2. The SMILES string of the molecule is CC(C)(C)NCc1ccc(SCc2ccccc2Br)cc1. The first kappa shape index (κ1) is 16.6. The van der Waals surface area contributed by atoms with Gasteiger partial charge in [0.1, 0.15) is 0 Å². The fourth-order valence-corrected chi connectivity index (χ4v) is 3.36. The molecule has 0 bridgehead atoms. The van der Waals surface area contributed by atoms with E-state index >= 15 is 0 Å². The normalized spacial score (nSPS) is 11.6. The third kappa shape index (κ3) is 5.85. The average molecular weight is 364 g/mol. The highest BCUT2D eigenvalue weighted by molar-refractivity contribution is 9.10. The van der Waals surface area contributed by atoms with Gasteiger partial charge in [0.25, 0.3) is 0 Å². The zero-order valence-corrected chi connectivity index (χ0v) is 15.2. The average Bonchev–Trinajstić information content (AvgIpc) is 2.45. The Labute approximate surface area is 140 Å². The van der Waals surface area contributed by atoms with E-state index in [9.17, 15) is 0 Å². The molecule has 1 N–H and O–H groups in total. The highest BCUT2D eigenvalue weighted by Crippen LogP contribution is 2.27. The first-order valence-electron chi connectivity index (χ1n) is 7.14. The van der Waals surface area contributed by atoms with E-state index in [4.69, 9.17) is 0 Å². The van der Waals surface area contributed by atoms with Crippen LogP contribution in [0.2, 0.25) is 0 Å². The van der Waals surface area contributed by atoms with Crippen LogP contribution in [0.5, 0.6) is 0 Å². The number of benzene rings is 2. The molecule has 0 saturated heterocycles. The molecular formula is C18H22BrNS. The number of hydrogen-bond donors (Lipinski definition) is 1. The molecule has 0 aromatic heterocycles. The van der Waals surface area contributed by atoms with Crippen LogP contribution in [-0.2, 0) is 12.3 Å². The molecule has 2 aromatic rings. The zero-order chi connectivity index (χ0) is 15.3. The molecule has 1 nitrogen and oxygen atoms in total. The molecule has 0 saturated carbocycles. The van der Waals surface area contributed by atoms with Crippen LogP contribution in [0.1, 0.15) is 31.9 Å². The summed E-state index contributed by atoms with van der Waals surface area (Å²) in [6, 6.07) is 17.2. The van der Waals surface area contributed by atoms with Crippen molar-refractivity contribution in [1.82, 2.24) is 5.32 Å². The van der Waals surface area contributed by atoms with Crippen LogP contribution >= 0.6 is 27.7 Å². The van der Waals surface area contributed by atoms with E-state index in [1.165, 1.54) is 20.5 Å². The Kier molecular flexibility index (Phi) is 5.91. The Hall–Kier alpha value is -0.770. The second kappa shape index (κ2) is 7.48. The van der Waals surface area contributed by atoms with Gasteiger partial charge in [-0.2, -0.15) is 0 Å². The standard InChI is InChI=1S/C18H22BrNS/c1-18(2,3)20-12-14-8-10-16(11-9-14)21-13-15-6-4-5-7-17(15)19/h4-11,20H,12-13H2,1-3H3. The van der Waals surface area contributed by atoms with Gasteiger partial charge >= 0.3 is 0 Å². The predicted molar refractivity (Wildman–Crippen MR) is 96.7 cm³/mol. The number of nitrogens with one attached hydrogen (secondary N) is 1. The van der Waals surface area contributed by atoms with Crippen molar-refractivity contribution in [1.29, 1.82) is 0 Å². The zero-order valence-electron chi connectivity index (χ0n) is 12.8. The van der Waals surface area contributed by atoms with Crippen LogP contribution in [0.25, 0.3) is 0 Å². The first-order valence-corrected chi connectivity index (χ1v) is 8.92. The molecule has 0 amide bonds. The lowest BCUT2D eigenvalue weighted by Crippen LogP contribution is -2.35. The monoisotopic (exact) mass is 363 g/mol. The summed E-state index contributed by atoms with van der Waals surface area (Å²) in [7, 11) is 0. The molecule has 0 spiro atoms. The molecule has 21 heavy (non-hydrogen) atoms. The Morgan fingerprint density at radius 2 is 1.67 bits per heavy atom. The lowest BCUT2D eigenvalue weighted by Gasteiger charge is -2.20. The van der Waals surface area contributed by atoms with Gasteiger partial charge in [0, 0.05) is 27.2 Å². The minimum atomic E-state index is 0.160. The lowest BCUT2D eigenvalue weighted by molar-refractivity contribution is 0.424. The lowest BCUT2D eigenvalue weighted by atomic mass is 10.1. The van der Waals surface area contributed by atoms with Crippen LogP contribution in [-0.4, -0.2) is 5.54 Å². The molecule has 0 aliphatic carbocycles. The Bertz CT molecular complexity index is 573. The maximum absolute atomic E-state index is 3.60. The Morgan fingerprint density at radius 1 is 1.00 bits per heavy atom. The molecule has 2 aromatic carbocycles. The molecular weight excluding hydrogens is 342 g/mol. The quantitative estimate of drug-likeness (QED) is 0.690. The number of rotatable bonds is 5. The van der Waals surface area contributed by atoms with Crippen molar-refractivity contribution in [3.63, 3.8) is 0 Å². The third-order valence-electron chi connectivity index (χ3n) is 3.10. The second-order valence-corrected chi connectivity index (χ2v) is 8.03. The molecule has 3 heteroatoms. The van der Waals surface area contributed by atoms with Gasteiger partial charge in [-0.05, 0) is 50.1 Å². The van der Waals surface area contributed by atoms with Crippen molar-refractivity contribution in [3.05, 3.63) is 64.1 Å². The molecule has 0 radical (unpaired) electrons. The van der Waals surface area contributed by atoms with Gasteiger partial charge in [-0.25, -0.2) is 0 Å². The van der Waals surface area contributed by atoms with Gasteiger partial charge in [0.05, 0.1) is 0 Å². The molecule has 0 heterocycles. The molecule has 2 rings (SSSR count). The Morgan fingerprint density at radius 3 is 2.29 bits per heavy atom. The minimum Gasteiger partial charge on any atom is -0.308 e. The maximum Gasteiger partial charge on any atom is 0.0243 e. The number of halogens is 1. The summed E-state index contributed by atoms with van der Waals surface area (Å²) in [4.78, 5) is 1.31. The molecule has 0 fully saturated rings. The summed E-state index contributed by atoms with van der Waals surface area (Å²) in [6.07, 6.45) is 0. The minimum absolute atomic E-state index is 0.160. The van der Waals surface area contributed by atoms with Crippen LogP contribution in [0.15, 0.2) is 57.9 Å². The Balaban J connectivity index is 1.89. The number of thioether (sulfide) groups is 1. The van der Waals surface area contributed by atoms with E-state index < -0.39 is 0 Å². The predicted octanol–water partition coefficient (Wildman–Crippen LogP) is 5.63. The topological polar surface area (TPSA) is 12.0 Å². The maximum atomic E-state index is 3.60. The van der Waals surface area contributed by atoms with Gasteiger partial charge in [-0.1, -0.05) is 46.3 Å². The van der Waals surface area contributed by atoms with E-state index in [0.29, 0.717) is 0 Å². The van der Waals surface area contributed by atoms with E-state index in [2.05, 4.69) is 90.5 Å². The van der Waals surface area contributed by atoms with Crippen LogP contribution in [0, 0.1) is 0 Å². The summed E-state index contributed by atoms with van der Waals surface area (Å²) >= 11 is 5.47. The van der Waals surface area contributed by atoms with Gasteiger partial charge < -0.3 is 5.32 Å². The van der Waals surface area contributed by atoms with Crippen LogP contribution in [0.4, 0.5) is 0 Å². The van der Waals surface area contributed by atoms with Crippen molar-refractivity contribution in [2.45, 2.75) is 43.5 Å². The van der Waals surface area contributed by atoms with Crippen LogP contribution < -0.4 is 5.32 Å². The molecule has 0 unspecified atom stereocenters. The molecule has 0 aliphatic heterocycles. The highest BCUT2D eigenvalue weighted by Gasteiger charge is 2.08. The van der Waals surface area contributed by atoms with Crippen molar-refractivity contribution in [2.75, 3.05) is 0 Å². The molecule has 112 valence electrons. The van der Waals surface area contributed by atoms with Gasteiger partial charge in [-0.15, -0.1) is 11.8 Å². The first-order chi connectivity index (χ1) is 9.94. The van der Waals surface area contributed by atoms with Gasteiger partial charge in [0.2, 0.25) is 0 Å². The fraction of sp³-hybridized carbons (Fsp3) is 0.333. The van der Waals surface area contributed by atoms with E-state index in [-0.39, 0.29) is 5.54 Å². The van der Waals surface area contributed by atoms with Crippen molar-refractivity contribution >= 4 is 27.7 Å². The largest absolute Gasteiger partial charge is 0.308 e. The summed E-state index contributed by atoms with van der Waals surface area (Å²) < 4.78 is 1.18. The molecule has 0 aliphatic rings. The highest BCUT2D eigenvalue weighted by atomic mass is 79.9. The van der Waals surface area contributed by atoms with E-state index in [1.54, 1.807) is 0 Å². The third-order valence-corrected chi connectivity index (χ3v) is 4.93. The summed E-state index contributed by atoms with van der Waals surface area (Å²) in [5.74, 6) is 0.987. The van der Waals surface area contributed by atoms with Gasteiger partial charge in [-0.3, -0.25) is 0 Å². The second-order valence-electron chi connectivity index (χ2n) is 6.13. The summed E-state index contributed by atoms with van der Waals surface area (Å²) in [5, 5.41) is 3.51. The summed E-state index contributed by atoms with van der Waals surface area (Å²) in [5.41, 5.74) is 2.82. The van der Waals surface area contributed by atoms with Crippen molar-refractivity contribution < 1.29 is 0 Å². The molecule has 0 atom stereocenters. The summed E-state index contributed by atoms with van der Waals surface area (Å²) in [6.45, 7) is 7.48. The van der Waals surface area contributed by atoms with Crippen LogP contribution in [0.3, 0.4) is 0 Å². The fourth-order valence-electron chi connectivity index (χ4n) is 1.85.